The third kappa shape index (κ3) is 8.34. The monoisotopic (exact) mass is 747 g/mol. The Morgan fingerprint density at radius 3 is 1.88 bits per heavy atom. The van der Waals surface area contributed by atoms with Gasteiger partial charge < -0.3 is 28.4 Å². The van der Waals surface area contributed by atoms with Gasteiger partial charge in [0.05, 0.1) is 20.0 Å². The average molecular weight is 748 g/mol. The lowest BCUT2D eigenvalue weighted by atomic mass is 9.91. The zero-order chi connectivity index (χ0) is 38.1. The quantitative estimate of drug-likeness (QED) is 0.106. The summed E-state index contributed by atoms with van der Waals surface area (Å²) in [7, 11) is -1.70. The molecule has 2 aromatic heterocycles. The van der Waals surface area contributed by atoms with Crippen molar-refractivity contribution in [1.82, 2.24) is 19.5 Å². The molecule has 2 aromatic carbocycles. The molecule has 11 nitrogen and oxygen atoms in total. The molecule has 0 saturated carbocycles. The number of benzene rings is 2. The van der Waals surface area contributed by atoms with Crippen molar-refractivity contribution in [2.75, 3.05) is 32.7 Å². The van der Waals surface area contributed by atoms with Gasteiger partial charge in [-0.1, -0.05) is 102 Å². The number of hydrogen-bond donors (Lipinski definition) is 1. The molecule has 0 amide bonds. The number of imidazole rings is 1. The molecule has 1 N–H and O–H groups in total. The number of fused-ring (bicyclic) bond motifs is 1. The maximum atomic E-state index is 13.1. The summed E-state index contributed by atoms with van der Waals surface area (Å²) in [6.07, 6.45) is -0.338. The summed E-state index contributed by atoms with van der Waals surface area (Å²) >= 11 is 0. The smallest absolute Gasteiger partial charge is 0.376 e. The van der Waals surface area contributed by atoms with E-state index in [-0.39, 0.29) is 21.8 Å². The standard InChI is InChI=1S/C39H57N5O6Si2/c1-38(2,3)51(9,10)49-31-29(24-46-7)48-36(32(31)50-52(11,12)39(4,5)6)44-25-41-30-33(42-34(37(45)47-8)43-35(30)44)40-23-28(26-19-15-13-16-20-26)27-21-17-14-18-22-27/h13-22,25,28-29,31-32,36H,23-24H2,1-12H3,(H,40,42,43)/t29-,31-,32-,36-/m1/s1. The van der Waals surface area contributed by atoms with Gasteiger partial charge in [-0.3, -0.25) is 4.57 Å². The SMILES string of the molecule is COC[C@H]1O[C@@H](n2cnc3c(NCC(c4ccccc4)c4ccccc4)nc(C(=O)OC)nc32)[C@H](O[Si](C)(C)C(C)(C)C)[C@@H]1O[Si](C)(C)C(C)(C)C. The van der Waals surface area contributed by atoms with E-state index in [1.54, 1.807) is 13.4 Å². The fraction of sp³-hybridized carbons (Fsp3) is 0.538. The molecule has 4 aromatic rings. The Bertz CT molecular complexity index is 1770. The van der Waals surface area contributed by atoms with E-state index in [0.29, 0.717) is 30.1 Å². The highest BCUT2D eigenvalue weighted by Gasteiger charge is 2.54. The summed E-state index contributed by atoms with van der Waals surface area (Å²) in [6, 6.07) is 20.6. The third-order valence-corrected chi connectivity index (χ3v) is 20.0. The summed E-state index contributed by atoms with van der Waals surface area (Å²) in [4.78, 5) is 27.3. The Hall–Kier alpha value is -3.47. The molecule has 1 saturated heterocycles. The van der Waals surface area contributed by atoms with Crippen molar-refractivity contribution >= 4 is 39.6 Å². The van der Waals surface area contributed by atoms with Crippen molar-refractivity contribution in [3.8, 4) is 0 Å². The number of carbonyl (C=O) groups is 1. The van der Waals surface area contributed by atoms with Gasteiger partial charge in [-0.2, -0.15) is 0 Å². The first-order valence-corrected chi connectivity index (χ1v) is 23.9. The molecule has 5 rings (SSSR count). The number of anilines is 1. The van der Waals surface area contributed by atoms with Gasteiger partial charge in [-0.25, -0.2) is 19.7 Å². The first kappa shape index (κ1) is 39.7. The first-order chi connectivity index (χ1) is 24.4. The minimum Gasteiger partial charge on any atom is -0.463 e. The molecule has 4 atom stereocenters. The molecule has 0 spiro atoms. The minimum atomic E-state index is -2.38. The molecule has 0 aliphatic carbocycles. The number of esters is 1. The number of nitrogens with one attached hydrogen (secondary N) is 1. The molecular weight excluding hydrogens is 691 g/mol. The Morgan fingerprint density at radius 1 is 0.846 bits per heavy atom. The molecule has 1 aliphatic rings. The van der Waals surface area contributed by atoms with E-state index >= 15 is 0 Å². The molecule has 52 heavy (non-hydrogen) atoms. The first-order valence-electron chi connectivity index (χ1n) is 18.0. The van der Waals surface area contributed by atoms with Crippen molar-refractivity contribution in [1.29, 1.82) is 0 Å². The van der Waals surface area contributed by atoms with Crippen LogP contribution in [0, 0.1) is 0 Å². The number of methoxy groups -OCH3 is 2. The largest absolute Gasteiger partial charge is 0.463 e. The summed E-state index contributed by atoms with van der Waals surface area (Å²) < 4.78 is 34.0. The molecular formula is C39H57N5O6Si2. The van der Waals surface area contributed by atoms with Crippen LogP contribution < -0.4 is 5.32 Å². The number of carbonyl (C=O) groups excluding carboxylic acids is 1. The van der Waals surface area contributed by atoms with Gasteiger partial charge in [0.2, 0.25) is 5.82 Å². The topological polar surface area (TPSA) is 119 Å². The highest BCUT2D eigenvalue weighted by molar-refractivity contribution is 6.74. The van der Waals surface area contributed by atoms with Crippen molar-refractivity contribution in [2.24, 2.45) is 0 Å². The Morgan fingerprint density at radius 2 is 1.38 bits per heavy atom. The Balaban J connectivity index is 1.62. The van der Waals surface area contributed by atoms with Crippen LogP contribution in [0.4, 0.5) is 5.82 Å². The number of hydrogen-bond acceptors (Lipinski definition) is 10. The molecule has 1 fully saturated rings. The van der Waals surface area contributed by atoms with Crippen molar-refractivity contribution in [3.05, 3.63) is 83.9 Å². The van der Waals surface area contributed by atoms with Crippen LogP contribution in [-0.2, 0) is 23.1 Å². The van der Waals surface area contributed by atoms with Crippen molar-refractivity contribution in [3.63, 3.8) is 0 Å². The lowest BCUT2D eigenvalue weighted by molar-refractivity contribution is -0.0562. The van der Waals surface area contributed by atoms with Gasteiger partial charge >= 0.3 is 5.97 Å². The molecule has 13 heteroatoms. The molecule has 0 radical (unpaired) electrons. The van der Waals surface area contributed by atoms with Crippen LogP contribution in [0.5, 0.6) is 0 Å². The predicted molar refractivity (Wildman–Crippen MR) is 210 cm³/mol. The van der Waals surface area contributed by atoms with E-state index in [1.165, 1.54) is 7.11 Å². The third-order valence-electron chi connectivity index (χ3n) is 11.0. The fourth-order valence-electron chi connectivity index (χ4n) is 5.94. The lowest BCUT2D eigenvalue weighted by Gasteiger charge is -2.44. The highest BCUT2D eigenvalue weighted by Crippen LogP contribution is 2.46. The molecule has 3 heterocycles. The summed E-state index contributed by atoms with van der Waals surface area (Å²) in [5.41, 5.74) is 3.21. The van der Waals surface area contributed by atoms with Gasteiger partial charge in [0.25, 0.3) is 0 Å². The van der Waals surface area contributed by atoms with Crippen LogP contribution in [0.15, 0.2) is 67.0 Å². The maximum absolute atomic E-state index is 13.1. The van der Waals surface area contributed by atoms with E-state index in [1.807, 2.05) is 41.0 Å². The van der Waals surface area contributed by atoms with E-state index in [2.05, 4.69) is 102 Å². The number of rotatable bonds is 13. The number of nitrogens with zero attached hydrogens (tertiary/aromatic N) is 4. The number of ether oxygens (including phenoxy) is 3. The van der Waals surface area contributed by atoms with Gasteiger partial charge in [-0.05, 0) is 47.4 Å². The van der Waals surface area contributed by atoms with Gasteiger partial charge in [-0.15, -0.1) is 0 Å². The van der Waals surface area contributed by atoms with Gasteiger partial charge in [0, 0.05) is 19.6 Å². The van der Waals surface area contributed by atoms with Crippen molar-refractivity contribution in [2.45, 2.75) is 108 Å². The summed E-state index contributed by atoms with van der Waals surface area (Å²) in [6.45, 7) is 23.1. The second kappa shape index (κ2) is 15.5. The minimum absolute atomic E-state index is 0.000317. The zero-order valence-corrected chi connectivity index (χ0v) is 34.9. The lowest BCUT2D eigenvalue weighted by Crippen LogP contribution is -2.54. The van der Waals surface area contributed by atoms with Crippen molar-refractivity contribution < 1.29 is 27.9 Å². The van der Waals surface area contributed by atoms with Crippen LogP contribution >= 0.6 is 0 Å². The summed E-state index contributed by atoms with van der Waals surface area (Å²) in [5, 5.41) is 3.39. The van der Waals surface area contributed by atoms with Crippen LogP contribution in [0.3, 0.4) is 0 Å². The number of aromatic nitrogens is 4. The Labute approximate surface area is 311 Å². The average Bonchev–Trinajstić information content (AvgIpc) is 3.65. The van der Waals surface area contributed by atoms with Gasteiger partial charge in [0.15, 0.2) is 39.8 Å². The molecule has 0 bridgehead atoms. The second-order valence-electron chi connectivity index (χ2n) is 16.7. The Kier molecular flexibility index (Phi) is 11.8. The predicted octanol–water partition coefficient (Wildman–Crippen LogP) is 8.18. The van der Waals surface area contributed by atoms with Crippen LogP contribution in [0.25, 0.3) is 11.2 Å². The van der Waals surface area contributed by atoms with E-state index in [0.717, 1.165) is 11.1 Å². The van der Waals surface area contributed by atoms with E-state index in [4.69, 9.17) is 33.0 Å². The zero-order valence-electron chi connectivity index (χ0n) is 32.9. The highest BCUT2D eigenvalue weighted by atomic mass is 28.4. The molecule has 0 unspecified atom stereocenters. The van der Waals surface area contributed by atoms with Crippen LogP contribution in [0.1, 0.15) is 75.4 Å². The maximum Gasteiger partial charge on any atom is 0.376 e. The van der Waals surface area contributed by atoms with Crippen LogP contribution in [0.2, 0.25) is 36.3 Å². The molecule has 1 aliphatic heterocycles. The molecule has 282 valence electrons. The second-order valence-corrected chi connectivity index (χ2v) is 26.2. The summed E-state index contributed by atoms with van der Waals surface area (Å²) in [5.74, 6) is -0.321. The van der Waals surface area contributed by atoms with E-state index < -0.39 is 47.1 Å². The van der Waals surface area contributed by atoms with Gasteiger partial charge in [0.1, 0.15) is 18.3 Å². The fourth-order valence-corrected chi connectivity index (χ4v) is 8.54. The van der Waals surface area contributed by atoms with E-state index in [9.17, 15) is 4.79 Å². The van der Waals surface area contributed by atoms with Crippen LogP contribution in [-0.4, -0.2) is 87.8 Å². The normalized spacial score (nSPS) is 20.1.